The molecule has 1 N–H and O–H groups in total. The lowest BCUT2D eigenvalue weighted by atomic mass is 9.74. The van der Waals surface area contributed by atoms with Gasteiger partial charge in [0.15, 0.2) is 5.79 Å². The number of cyclic esters (lactones) is 1. The third kappa shape index (κ3) is 1.04. The minimum Gasteiger partial charge on any atom is -0.465 e. The van der Waals surface area contributed by atoms with Crippen LogP contribution in [0.5, 0.6) is 0 Å². The fourth-order valence-electron chi connectivity index (χ4n) is 2.37. The molecule has 4 heteroatoms. The average Bonchev–Trinajstić information content (AvgIpc) is 2.63. The molecule has 2 heterocycles. The summed E-state index contributed by atoms with van der Waals surface area (Å²) in [4.78, 5) is 11.6. The van der Waals surface area contributed by atoms with Crippen molar-refractivity contribution < 1.29 is 19.4 Å². The minimum absolute atomic E-state index is 0.0156. The van der Waals surface area contributed by atoms with Crippen LogP contribution in [0.15, 0.2) is 0 Å². The highest BCUT2D eigenvalue weighted by Gasteiger charge is 2.61. The Kier molecular flexibility index (Phi) is 2.08. The van der Waals surface area contributed by atoms with Gasteiger partial charge in [0.25, 0.3) is 0 Å². The molecule has 0 aromatic heterocycles. The van der Waals surface area contributed by atoms with E-state index in [0.29, 0.717) is 19.6 Å². The Labute approximate surface area is 83.2 Å². The van der Waals surface area contributed by atoms with Gasteiger partial charge in [0, 0.05) is 12.3 Å². The van der Waals surface area contributed by atoms with Gasteiger partial charge in [0.2, 0.25) is 0 Å². The Morgan fingerprint density at radius 1 is 1.50 bits per heavy atom. The van der Waals surface area contributed by atoms with Crippen LogP contribution in [-0.4, -0.2) is 30.1 Å². The van der Waals surface area contributed by atoms with Crippen LogP contribution in [0.3, 0.4) is 0 Å². The maximum atomic E-state index is 11.6. The second-order valence-electron chi connectivity index (χ2n) is 4.45. The molecule has 0 aliphatic carbocycles. The number of carbonyl (C=O) groups excluding carboxylic acids is 1. The molecule has 14 heavy (non-hydrogen) atoms. The highest BCUT2D eigenvalue weighted by Crippen LogP contribution is 2.48. The molecule has 2 rings (SSSR count). The number of esters is 1. The van der Waals surface area contributed by atoms with Gasteiger partial charge >= 0.3 is 5.97 Å². The number of rotatable bonds is 1. The monoisotopic (exact) mass is 200 g/mol. The van der Waals surface area contributed by atoms with Crippen molar-refractivity contribution in [2.45, 2.75) is 32.5 Å². The van der Waals surface area contributed by atoms with Crippen molar-refractivity contribution in [3.8, 4) is 0 Å². The van der Waals surface area contributed by atoms with E-state index in [4.69, 9.17) is 9.47 Å². The first kappa shape index (κ1) is 9.93. The first-order valence-electron chi connectivity index (χ1n) is 5.04. The highest BCUT2D eigenvalue weighted by molar-refractivity contribution is 5.79. The standard InChI is InChI=1S/C10H16O4/c1-7-3-5-14-10(7,12)9(2)4-6-13-8(9)11/h7,12H,3-6H2,1-2H3. The van der Waals surface area contributed by atoms with Crippen molar-refractivity contribution >= 4 is 5.97 Å². The van der Waals surface area contributed by atoms with E-state index < -0.39 is 11.2 Å². The predicted molar refractivity (Wildman–Crippen MR) is 48.4 cm³/mol. The lowest BCUT2D eigenvalue weighted by Gasteiger charge is -2.38. The van der Waals surface area contributed by atoms with Crippen molar-refractivity contribution in [1.82, 2.24) is 0 Å². The zero-order valence-corrected chi connectivity index (χ0v) is 8.58. The van der Waals surface area contributed by atoms with Gasteiger partial charge in [-0.2, -0.15) is 0 Å². The Morgan fingerprint density at radius 2 is 2.21 bits per heavy atom. The lowest BCUT2D eigenvalue weighted by Crippen LogP contribution is -2.52. The molecule has 0 aromatic carbocycles. The molecule has 0 bridgehead atoms. The fraction of sp³-hybridized carbons (Fsp3) is 0.900. The summed E-state index contributed by atoms with van der Waals surface area (Å²) in [5, 5.41) is 10.4. The van der Waals surface area contributed by atoms with Crippen molar-refractivity contribution in [3.63, 3.8) is 0 Å². The summed E-state index contributed by atoms with van der Waals surface area (Å²) in [7, 11) is 0. The summed E-state index contributed by atoms with van der Waals surface area (Å²) >= 11 is 0. The summed E-state index contributed by atoms with van der Waals surface area (Å²) in [5.74, 6) is -1.69. The van der Waals surface area contributed by atoms with Crippen LogP contribution in [0.2, 0.25) is 0 Å². The van der Waals surface area contributed by atoms with E-state index in [9.17, 15) is 9.90 Å². The topological polar surface area (TPSA) is 55.8 Å². The maximum absolute atomic E-state index is 11.6. The van der Waals surface area contributed by atoms with Crippen LogP contribution >= 0.6 is 0 Å². The number of carbonyl (C=O) groups is 1. The average molecular weight is 200 g/mol. The second-order valence-corrected chi connectivity index (χ2v) is 4.45. The molecular weight excluding hydrogens is 184 g/mol. The number of aliphatic hydroxyl groups is 1. The number of hydrogen-bond donors (Lipinski definition) is 1. The van der Waals surface area contributed by atoms with Crippen LogP contribution in [-0.2, 0) is 14.3 Å². The summed E-state index contributed by atoms with van der Waals surface area (Å²) in [5.41, 5.74) is -0.886. The largest absolute Gasteiger partial charge is 0.465 e. The van der Waals surface area contributed by atoms with E-state index in [-0.39, 0.29) is 11.9 Å². The quantitative estimate of drug-likeness (QED) is 0.632. The number of ether oxygens (including phenoxy) is 2. The minimum atomic E-state index is -1.33. The Hall–Kier alpha value is -0.610. The van der Waals surface area contributed by atoms with Crippen LogP contribution in [0.4, 0.5) is 0 Å². The van der Waals surface area contributed by atoms with E-state index in [1.54, 1.807) is 6.92 Å². The van der Waals surface area contributed by atoms with Crippen molar-refractivity contribution in [2.24, 2.45) is 11.3 Å². The van der Waals surface area contributed by atoms with Gasteiger partial charge in [0.05, 0.1) is 13.2 Å². The van der Waals surface area contributed by atoms with Gasteiger partial charge in [-0.3, -0.25) is 4.79 Å². The van der Waals surface area contributed by atoms with Crippen LogP contribution in [0.1, 0.15) is 26.7 Å². The van der Waals surface area contributed by atoms with E-state index in [0.717, 1.165) is 6.42 Å². The Balaban J connectivity index is 2.32. The molecule has 80 valence electrons. The Bertz CT molecular complexity index is 265. The molecule has 3 atom stereocenters. The molecule has 3 unspecified atom stereocenters. The first-order valence-corrected chi connectivity index (χ1v) is 5.04. The molecule has 2 fully saturated rings. The van der Waals surface area contributed by atoms with Crippen molar-refractivity contribution in [2.75, 3.05) is 13.2 Å². The smallest absolute Gasteiger partial charge is 0.317 e. The summed E-state index contributed by atoms with van der Waals surface area (Å²) in [6.45, 7) is 4.53. The molecule has 2 aliphatic heterocycles. The van der Waals surface area contributed by atoms with E-state index in [1.165, 1.54) is 0 Å². The summed E-state index contributed by atoms with van der Waals surface area (Å²) in [6.07, 6.45) is 1.33. The van der Waals surface area contributed by atoms with Gasteiger partial charge in [-0.25, -0.2) is 0 Å². The molecule has 0 spiro atoms. The zero-order chi connectivity index (χ0) is 10.4. The highest BCUT2D eigenvalue weighted by atomic mass is 16.6. The van der Waals surface area contributed by atoms with Gasteiger partial charge in [-0.15, -0.1) is 0 Å². The molecule has 0 saturated carbocycles. The van der Waals surface area contributed by atoms with Crippen LogP contribution in [0.25, 0.3) is 0 Å². The van der Waals surface area contributed by atoms with Crippen molar-refractivity contribution in [1.29, 1.82) is 0 Å². The normalized spacial score (nSPS) is 48.2. The molecule has 0 amide bonds. The third-order valence-electron chi connectivity index (χ3n) is 3.62. The van der Waals surface area contributed by atoms with Crippen LogP contribution < -0.4 is 0 Å². The molecule has 2 saturated heterocycles. The zero-order valence-electron chi connectivity index (χ0n) is 8.58. The fourth-order valence-corrected chi connectivity index (χ4v) is 2.37. The Morgan fingerprint density at radius 3 is 2.64 bits per heavy atom. The van der Waals surface area contributed by atoms with Gasteiger partial charge in [-0.1, -0.05) is 6.92 Å². The molecular formula is C10H16O4. The molecule has 2 aliphatic rings. The van der Waals surface area contributed by atoms with E-state index in [2.05, 4.69) is 0 Å². The van der Waals surface area contributed by atoms with Gasteiger partial charge in [0.1, 0.15) is 5.41 Å². The second kappa shape index (κ2) is 2.94. The van der Waals surface area contributed by atoms with E-state index >= 15 is 0 Å². The predicted octanol–water partition coefficient (Wildman–Crippen LogP) is 0.685. The summed E-state index contributed by atoms with van der Waals surface area (Å²) in [6, 6.07) is 0. The van der Waals surface area contributed by atoms with E-state index in [1.807, 2.05) is 6.92 Å². The SMILES string of the molecule is CC1CCOC1(O)C1(C)CCOC1=O. The molecule has 0 aromatic rings. The third-order valence-corrected chi connectivity index (χ3v) is 3.62. The van der Waals surface area contributed by atoms with Crippen LogP contribution in [0, 0.1) is 11.3 Å². The number of hydrogen-bond acceptors (Lipinski definition) is 4. The van der Waals surface area contributed by atoms with Gasteiger partial charge < -0.3 is 14.6 Å². The van der Waals surface area contributed by atoms with Crippen molar-refractivity contribution in [3.05, 3.63) is 0 Å². The molecule has 4 nitrogen and oxygen atoms in total. The summed E-state index contributed by atoms with van der Waals surface area (Å²) < 4.78 is 10.3. The molecule has 0 radical (unpaired) electrons. The lowest BCUT2D eigenvalue weighted by molar-refractivity contribution is -0.255. The maximum Gasteiger partial charge on any atom is 0.317 e. The first-order chi connectivity index (χ1) is 6.51. The van der Waals surface area contributed by atoms with Gasteiger partial charge in [-0.05, 0) is 13.3 Å².